The Bertz CT molecular complexity index is 344. The summed E-state index contributed by atoms with van der Waals surface area (Å²) >= 11 is 0. The summed E-state index contributed by atoms with van der Waals surface area (Å²) in [5.74, 6) is -1.57. The standard InChI is InChI=1S/C16H32N2O8/c17-2-4-22-6-8-24-10-12-26-14-13-25-11-9-23-7-5-21-3-1-15(19)16(18)20/h1-14,17H2,(H2,18,20). The molecule has 154 valence electrons. The lowest BCUT2D eigenvalue weighted by Crippen LogP contribution is -2.24. The molecule has 10 heteroatoms. The van der Waals surface area contributed by atoms with Crippen molar-refractivity contribution in [1.82, 2.24) is 0 Å². The molecule has 0 saturated carbocycles. The molecule has 0 radical (unpaired) electrons. The van der Waals surface area contributed by atoms with Gasteiger partial charge in [-0.25, -0.2) is 0 Å². The zero-order valence-electron chi connectivity index (χ0n) is 15.3. The normalized spacial score (nSPS) is 11.0. The van der Waals surface area contributed by atoms with Gasteiger partial charge >= 0.3 is 0 Å². The topological polar surface area (TPSA) is 142 Å². The van der Waals surface area contributed by atoms with Crippen LogP contribution in [0.2, 0.25) is 0 Å². The lowest BCUT2D eigenvalue weighted by Gasteiger charge is -2.08. The minimum atomic E-state index is -0.938. The third-order valence-corrected chi connectivity index (χ3v) is 2.87. The first-order chi connectivity index (χ1) is 12.7. The van der Waals surface area contributed by atoms with Gasteiger partial charge in [0.05, 0.1) is 79.3 Å². The van der Waals surface area contributed by atoms with Crippen LogP contribution in [-0.2, 0) is 38.0 Å². The zero-order valence-corrected chi connectivity index (χ0v) is 15.3. The maximum atomic E-state index is 10.9. The van der Waals surface area contributed by atoms with E-state index >= 15 is 0 Å². The van der Waals surface area contributed by atoms with Crippen molar-refractivity contribution >= 4 is 11.7 Å². The Morgan fingerprint density at radius 2 is 0.846 bits per heavy atom. The summed E-state index contributed by atoms with van der Waals surface area (Å²) in [6.07, 6.45) is -0.00838. The van der Waals surface area contributed by atoms with E-state index in [4.69, 9.17) is 39.9 Å². The second-order valence-corrected chi connectivity index (χ2v) is 5.00. The van der Waals surface area contributed by atoms with Crippen LogP contribution in [0, 0.1) is 0 Å². The maximum absolute atomic E-state index is 10.9. The van der Waals surface area contributed by atoms with Gasteiger partial charge in [-0.15, -0.1) is 0 Å². The van der Waals surface area contributed by atoms with Crippen molar-refractivity contribution in [1.29, 1.82) is 0 Å². The summed E-state index contributed by atoms with van der Waals surface area (Å²) in [5, 5.41) is 0. The maximum Gasteiger partial charge on any atom is 0.284 e. The highest BCUT2D eigenvalue weighted by atomic mass is 16.6. The van der Waals surface area contributed by atoms with E-state index in [9.17, 15) is 9.59 Å². The van der Waals surface area contributed by atoms with Crippen molar-refractivity contribution in [3.8, 4) is 0 Å². The Kier molecular flexibility index (Phi) is 19.3. The van der Waals surface area contributed by atoms with Crippen LogP contribution in [0.3, 0.4) is 0 Å². The quantitative estimate of drug-likeness (QED) is 0.179. The molecule has 0 bridgehead atoms. The van der Waals surface area contributed by atoms with Crippen LogP contribution in [-0.4, -0.2) is 97.5 Å². The molecule has 0 fully saturated rings. The van der Waals surface area contributed by atoms with Crippen molar-refractivity contribution < 1.29 is 38.0 Å². The van der Waals surface area contributed by atoms with E-state index in [2.05, 4.69) is 0 Å². The molecule has 0 aliphatic heterocycles. The van der Waals surface area contributed by atoms with Gasteiger partial charge in [0.15, 0.2) is 0 Å². The molecule has 0 spiro atoms. The molecule has 0 aromatic rings. The number of carbonyl (C=O) groups excluding carboxylic acids is 2. The number of Topliss-reactive ketones (excluding diaryl/α,β-unsaturated/α-hetero) is 1. The van der Waals surface area contributed by atoms with E-state index in [1.54, 1.807) is 0 Å². The van der Waals surface area contributed by atoms with Crippen molar-refractivity contribution in [2.75, 3.05) is 85.8 Å². The largest absolute Gasteiger partial charge is 0.379 e. The van der Waals surface area contributed by atoms with Gasteiger partial charge in [0.2, 0.25) is 5.78 Å². The highest BCUT2D eigenvalue weighted by Gasteiger charge is 2.07. The molecule has 0 atom stereocenters. The minimum Gasteiger partial charge on any atom is -0.379 e. The van der Waals surface area contributed by atoms with Crippen molar-refractivity contribution in [2.45, 2.75) is 6.42 Å². The first-order valence-electron chi connectivity index (χ1n) is 8.67. The Balaban J connectivity index is 3.05. The summed E-state index contributed by atoms with van der Waals surface area (Å²) < 4.78 is 31.5. The number of ketones is 1. The van der Waals surface area contributed by atoms with Crippen LogP contribution in [0.15, 0.2) is 0 Å². The van der Waals surface area contributed by atoms with Crippen molar-refractivity contribution in [2.24, 2.45) is 11.5 Å². The number of rotatable bonds is 21. The average Bonchev–Trinajstić information content (AvgIpc) is 2.63. The molecule has 0 aromatic heterocycles. The van der Waals surface area contributed by atoms with Crippen LogP contribution in [0.25, 0.3) is 0 Å². The third-order valence-electron chi connectivity index (χ3n) is 2.87. The van der Waals surface area contributed by atoms with Gasteiger partial charge in [0, 0.05) is 13.0 Å². The number of nitrogens with two attached hydrogens (primary N) is 2. The van der Waals surface area contributed by atoms with E-state index in [1.807, 2.05) is 0 Å². The van der Waals surface area contributed by atoms with E-state index < -0.39 is 11.7 Å². The monoisotopic (exact) mass is 380 g/mol. The van der Waals surface area contributed by atoms with Gasteiger partial charge in [-0.1, -0.05) is 0 Å². The molecule has 0 rings (SSSR count). The highest BCUT2D eigenvalue weighted by molar-refractivity contribution is 6.35. The van der Waals surface area contributed by atoms with Gasteiger partial charge in [0.25, 0.3) is 5.91 Å². The summed E-state index contributed by atoms with van der Waals surface area (Å²) in [5.41, 5.74) is 10.1. The second kappa shape index (κ2) is 20.2. The van der Waals surface area contributed by atoms with Crippen LogP contribution in [0.4, 0.5) is 0 Å². The van der Waals surface area contributed by atoms with Crippen molar-refractivity contribution in [3.05, 3.63) is 0 Å². The SMILES string of the molecule is NCCOCCOCCOCCOCCOCCOCCC(=O)C(N)=O. The van der Waals surface area contributed by atoms with Gasteiger partial charge in [-0.3, -0.25) is 9.59 Å². The smallest absolute Gasteiger partial charge is 0.284 e. The highest BCUT2D eigenvalue weighted by Crippen LogP contribution is 1.87. The average molecular weight is 380 g/mol. The van der Waals surface area contributed by atoms with Crippen LogP contribution >= 0.6 is 0 Å². The predicted molar refractivity (Wildman–Crippen MR) is 92.8 cm³/mol. The lowest BCUT2D eigenvalue weighted by atomic mass is 10.3. The number of ether oxygens (including phenoxy) is 6. The number of hydrogen-bond donors (Lipinski definition) is 2. The number of primary amides is 1. The first-order valence-corrected chi connectivity index (χ1v) is 8.67. The van der Waals surface area contributed by atoms with E-state index in [0.29, 0.717) is 79.2 Å². The molecule has 0 saturated heterocycles. The summed E-state index contributed by atoms with van der Waals surface area (Å²) in [6.45, 7) is 5.90. The molecular weight excluding hydrogens is 348 g/mol. The van der Waals surface area contributed by atoms with Gasteiger partial charge in [0.1, 0.15) is 0 Å². The fraction of sp³-hybridized carbons (Fsp3) is 0.875. The van der Waals surface area contributed by atoms with Gasteiger partial charge in [-0.2, -0.15) is 0 Å². The van der Waals surface area contributed by atoms with Crippen LogP contribution in [0.5, 0.6) is 0 Å². The fourth-order valence-corrected chi connectivity index (χ4v) is 1.57. The van der Waals surface area contributed by atoms with E-state index in [1.165, 1.54) is 0 Å². The molecular formula is C16H32N2O8. The fourth-order valence-electron chi connectivity index (χ4n) is 1.57. The Hall–Kier alpha value is -1.14. The first kappa shape index (κ1) is 24.9. The molecule has 0 aliphatic carbocycles. The van der Waals surface area contributed by atoms with Crippen LogP contribution in [0.1, 0.15) is 6.42 Å². The third kappa shape index (κ3) is 19.2. The molecule has 1 amide bonds. The summed E-state index contributed by atoms with van der Waals surface area (Å²) in [6, 6.07) is 0. The van der Waals surface area contributed by atoms with Crippen molar-refractivity contribution in [3.63, 3.8) is 0 Å². The predicted octanol–water partition coefficient (Wildman–Crippen LogP) is -1.51. The molecule has 0 aromatic carbocycles. The second-order valence-electron chi connectivity index (χ2n) is 5.00. The minimum absolute atomic E-state index is 0.00838. The van der Waals surface area contributed by atoms with Gasteiger partial charge in [-0.05, 0) is 0 Å². The number of amides is 1. The molecule has 0 aliphatic rings. The number of carbonyl (C=O) groups is 2. The van der Waals surface area contributed by atoms with Gasteiger partial charge < -0.3 is 39.9 Å². The zero-order chi connectivity index (χ0) is 19.3. The van der Waals surface area contributed by atoms with Crippen LogP contribution < -0.4 is 11.5 Å². The van der Waals surface area contributed by atoms with E-state index in [-0.39, 0.29) is 13.0 Å². The Morgan fingerprint density at radius 1 is 0.538 bits per heavy atom. The Morgan fingerprint density at radius 3 is 1.15 bits per heavy atom. The summed E-state index contributed by atoms with van der Waals surface area (Å²) in [7, 11) is 0. The molecule has 0 unspecified atom stereocenters. The molecule has 4 N–H and O–H groups in total. The number of hydrogen-bond acceptors (Lipinski definition) is 9. The molecule has 10 nitrogen and oxygen atoms in total. The molecule has 0 heterocycles. The van der Waals surface area contributed by atoms with E-state index in [0.717, 1.165) is 0 Å². The molecule has 26 heavy (non-hydrogen) atoms. The lowest BCUT2D eigenvalue weighted by molar-refractivity contribution is -0.136. The Labute approximate surface area is 154 Å². The summed E-state index contributed by atoms with van der Waals surface area (Å²) in [4.78, 5) is 21.4.